The molecule has 0 saturated heterocycles. The van der Waals surface area contributed by atoms with Crippen LogP contribution < -0.4 is 5.32 Å². The number of aromatic nitrogens is 2. The molecule has 0 aliphatic rings. The molecule has 1 amide bonds. The van der Waals surface area contributed by atoms with Crippen LogP contribution in [-0.2, 0) is 16.0 Å². The topological polar surface area (TPSA) is 117 Å². The van der Waals surface area contributed by atoms with Crippen molar-refractivity contribution in [3.8, 4) is 17.3 Å². The maximum Gasteiger partial charge on any atom is 0.413 e. The predicted molar refractivity (Wildman–Crippen MR) is 104 cm³/mol. The van der Waals surface area contributed by atoms with E-state index in [0.29, 0.717) is 16.8 Å². The zero-order chi connectivity index (χ0) is 21.1. The number of aliphatic carboxylic acids is 1. The van der Waals surface area contributed by atoms with Gasteiger partial charge in [0.1, 0.15) is 22.9 Å². The Morgan fingerprint density at radius 3 is 2.36 bits per heavy atom. The lowest BCUT2D eigenvalue weighted by molar-refractivity contribution is -0.136. The molecule has 2 rings (SSSR count). The third-order valence-corrected chi connectivity index (χ3v) is 3.71. The highest BCUT2D eigenvalue weighted by Crippen LogP contribution is 2.31. The van der Waals surface area contributed by atoms with E-state index >= 15 is 0 Å². The van der Waals surface area contributed by atoms with E-state index in [-0.39, 0.29) is 23.8 Å². The number of hydrogen-bond acceptors (Lipinski definition) is 5. The van der Waals surface area contributed by atoms with Crippen LogP contribution in [0.15, 0.2) is 24.3 Å². The molecule has 1 aromatic carbocycles. The van der Waals surface area contributed by atoms with Crippen LogP contribution in [0.5, 0.6) is 0 Å². The molecule has 2 N–H and O–H groups in total. The summed E-state index contributed by atoms with van der Waals surface area (Å²) in [7, 11) is 0. The first-order chi connectivity index (χ1) is 13.0. The third-order valence-electron chi connectivity index (χ3n) is 3.71. The smallest absolute Gasteiger partial charge is 0.413 e. The molecule has 0 aliphatic carbocycles. The molecule has 0 atom stereocenters. The van der Waals surface area contributed by atoms with Gasteiger partial charge in [-0.1, -0.05) is 24.3 Å². The molecule has 2 aromatic rings. The fourth-order valence-electron chi connectivity index (χ4n) is 2.59. The number of ether oxygens (including phenoxy) is 1. The van der Waals surface area contributed by atoms with E-state index in [1.165, 1.54) is 0 Å². The lowest BCUT2D eigenvalue weighted by Crippen LogP contribution is -2.28. The summed E-state index contributed by atoms with van der Waals surface area (Å²) in [5.74, 6) is -0.658. The summed E-state index contributed by atoms with van der Waals surface area (Å²) in [6.45, 7) is 9.02. The van der Waals surface area contributed by atoms with E-state index in [2.05, 4.69) is 16.5 Å². The zero-order valence-electron chi connectivity index (χ0n) is 16.6. The van der Waals surface area contributed by atoms with Crippen LogP contribution in [0, 0.1) is 11.3 Å². The predicted octanol–water partition coefficient (Wildman–Crippen LogP) is 3.98. The quantitative estimate of drug-likeness (QED) is 0.805. The molecule has 0 saturated carbocycles. The van der Waals surface area contributed by atoms with Crippen LogP contribution in [0.1, 0.15) is 51.8 Å². The molecule has 1 heterocycles. The van der Waals surface area contributed by atoms with E-state index < -0.39 is 17.7 Å². The normalized spacial score (nSPS) is 11.2. The van der Waals surface area contributed by atoms with Gasteiger partial charge in [0.2, 0.25) is 0 Å². The SMILES string of the molecule is CC(C)n1nc(-c2ccc(CC(=O)O)cc2)c(C#N)c1NC(=O)OC(C)(C)C. The van der Waals surface area contributed by atoms with E-state index in [1.54, 1.807) is 49.7 Å². The summed E-state index contributed by atoms with van der Waals surface area (Å²) in [6, 6.07) is 8.78. The van der Waals surface area contributed by atoms with E-state index in [4.69, 9.17) is 9.84 Å². The van der Waals surface area contributed by atoms with Crippen LogP contribution in [0.4, 0.5) is 10.6 Å². The summed E-state index contributed by atoms with van der Waals surface area (Å²) >= 11 is 0. The fraction of sp³-hybridized carbons (Fsp3) is 0.400. The van der Waals surface area contributed by atoms with Gasteiger partial charge in [-0.05, 0) is 40.2 Å². The van der Waals surface area contributed by atoms with Crippen molar-refractivity contribution >= 4 is 17.9 Å². The van der Waals surface area contributed by atoms with Gasteiger partial charge in [0.15, 0.2) is 5.82 Å². The molecule has 148 valence electrons. The Bertz CT molecular complexity index is 915. The monoisotopic (exact) mass is 384 g/mol. The highest BCUT2D eigenvalue weighted by Gasteiger charge is 2.24. The molecule has 0 fully saturated rings. The minimum absolute atomic E-state index is 0.0860. The molecule has 0 spiro atoms. The molecule has 8 nitrogen and oxygen atoms in total. The van der Waals surface area contributed by atoms with Gasteiger partial charge >= 0.3 is 12.1 Å². The number of anilines is 1. The highest BCUT2D eigenvalue weighted by molar-refractivity contribution is 5.88. The Labute approximate surface area is 163 Å². The number of nitrogens with one attached hydrogen (secondary N) is 1. The number of carboxylic acid groups (broad SMARTS) is 1. The molecule has 0 unspecified atom stereocenters. The molecule has 28 heavy (non-hydrogen) atoms. The minimum atomic E-state index is -0.918. The van der Waals surface area contributed by atoms with Gasteiger partial charge in [0.25, 0.3) is 0 Å². The Kier molecular flexibility index (Phi) is 6.09. The maximum atomic E-state index is 12.2. The second kappa shape index (κ2) is 8.13. The molecule has 0 bridgehead atoms. The highest BCUT2D eigenvalue weighted by atomic mass is 16.6. The number of nitrogens with zero attached hydrogens (tertiary/aromatic N) is 3. The zero-order valence-corrected chi connectivity index (χ0v) is 16.6. The molecule has 1 aromatic heterocycles. The van der Waals surface area contributed by atoms with Crippen molar-refractivity contribution in [2.75, 3.05) is 5.32 Å². The molecule has 0 radical (unpaired) electrons. The van der Waals surface area contributed by atoms with Crippen molar-refractivity contribution in [3.05, 3.63) is 35.4 Å². The van der Waals surface area contributed by atoms with Crippen LogP contribution in [0.2, 0.25) is 0 Å². The first kappa shape index (κ1) is 21.0. The van der Waals surface area contributed by atoms with Gasteiger partial charge < -0.3 is 9.84 Å². The van der Waals surface area contributed by atoms with Gasteiger partial charge in [0, 0.05) is 11.6 Å². The maximum absolute atomic E-state index is 12.2. The average Bonchev–Trinajstić information content (AvgIpc) is 2.91. The molecular weight excluding hydrogens is 360 g/mol. The van der Waals surface area contributed by atoms with Crippen molar-refractivity contribution in [3.63, 3.8) is 0 Å². The number of nitriles is 1. The number of amides is 1. The fourth-order valence-corrected chi connectivity index (χ4v) is 2.59. The van der Waals surface area contributed by atoms with Crippen molar-refractivity contribution in [1.82, 2.24) is 9.78 Å². The molecule has 8 heteroatoms. The number of rotatable bonds is 5. The number of carbonyl (C=O) groups excluding carboxylic acids is 1. The van der Waals surface area contributed by atoms with Crippen LogP contribution in [0.25, 0.3) is 11.3 Å². The van der Waals surface area contributed by atoms with Crippen LogP contribution >= 0.6 is 0 Å². The summed E-state index contributed by atoms with van der Waals surface area (Å²) in [5.41, 5.74) is 1.24. The van der Waals surface area contributed by atoms with Crippen molar-refractivity contribution in [1.29, 1.82) is 5.26 Å². The van der Waals surface area contributed by atoms with Crippen molar-refractivity contribution < 1.29 is 19.4 Å². The van der Waals surface area contributed by atoms with Gasteiger partial charge in [-0.2, -0.15) is 10.4 Å². The minimum Gasteiger partial charge on any atom is -0.481 e. The van der Waals surface area contributed by atoms with E-state index in [0.717, 1.165) is 0 Å². The summed E-state index contributed by atoms with van der Waals surface area (Å²) < 4.78 is 6.85. The number of benzene rings is 1. The van der Waals surface area contributed by atoms with Gasteiger partial charge in [-0.15, -0.1) is 0 Å². The second-order valence-corrected chi connectivity index (χ2v) is 7.62. The average molecular weight is 384 g/mol. The summed E-state index contributed by atoms with van der Waals surface area (Å²) in [4.78, 5) is 23.1. The Balaban J connectivity index is 2.45. The summed E-state index contributed by atoms with van der Waals surface area (Å²) in [6.07, 6.45) is -0.758. The van der Waals surface area contributed by atoms with Gasteiger partial charge in [-0.25, -0.2) is 9.48 Å². The largest absolute Gasteiger partial charge is 0.481 e. The number of carboxylic acids is 1. The third kappa shape index (κ3) is 5.10. The van der Waals surface area contributed by atoms with Crippen molar-refractivity contribution in [2.24, 2.45) is 0 Å². The molecular formula is C20H24N4O4. The second-order valence-electron chi connectivity index (χ2n) is 7.62. The van der Waals surface area contributed by atoms with Crippen molar-refractivity contribution in [2.45, 2.75) is 52.7 Å². The van der Waals surface area contributed by atoms with E-state index in [1.807, 2.05) is 13.8 Å². The Morgan fingerprint density at radius 1 is 1.29 bits per heavy atom. The van der Waals surface area contributed by atoms with Gasteiger partial charge in [-0.3, -0.25) is 10.1 Å². The lowest BCUT2D eigenvalue weighted by Gasteiger charge is -2.20. The summed E-state index contributed by atoms with van der Waals surface area (Å²) in [5, 5.41) is 25.7. The number of hydrogen-bond donors (Lipinski definition) is 2. The Morgan fingerprint density at radius 2 is 1.89 bits per heavy atom. The van der Waals surface area contributed by atoms with E-state index in [9.17, 15) is 14.9 Å². The number of carbonyl (C=O) groups is 2. The first-order valence-electron chi connectivity index (χ1n) is 8.85. The molecule has 0 aliphatic heterocycles. The lowest BCUT2D eigenvalue weighted by atomic mass is 10.0. The standard InChI is InChI=1S/C20H24N4O4/c1-12(2)24-18(22-19(27)28-20(3,4)5)15(11-21)17(23-24)14-8-6-13(7-9-14)10-16(25)26/h6-9,12H,10H2,1-5H3,(H,22,27)(H,25,26). The van der Waals surface area contributed by atoms with Crippen LogP contribution in [-0.4, -0.2) is 32.6 Å². The first-order valence-corrected chi connectivity index (χ1v) is 8.85. The van der Waals surface area contributed by atoms with Crippen LogP contribution in [0.3, 0.4) is 0 Å². The van der Waals surface area contributed by atoms with Gasteiger partial charge in [0.05, 0.1) is 6.42 Å². The Hall–Kier alpha value is -3.34.